The number of nitrogens with zero attached hydrogens (tertiary/aromatic N) is 3. The molecule has 0 aliphatic heterocycles. The fraction of sp³-hybridized carbons (Fsp3) is 0.182. The van der Waals surface area contributed by atoms with Gasteiger partial charge in [0.05, 0.1) is 12.2 Å². The van der Waals surface area contributed by atoms with Crippen LogP contribution in [0, 0.1) is 0 Å². The van der Waals surface area contributed by atoms with Crippen LogP contribution in [-0.2, 0) is 19.6 Å². The van der Waals surface area contributed by atoms with Crippen molar-refractivity contribution in [2.45, 2.75) is 26.5 Å². The molecule has 7 heteroatoms. The number of amides is 1. The summed E-state index contributed by atoms with van der Waals surface area (Å²) in [4.78, 5) is 21.0. The van der Waals surface area contributed by atoms with Crippen LogP contribution in [0.4, 0.5) is 0 Å². The lowest BCUT2D eigenvalue weighted by Crippen LogP contribution is -2.23. The van der Waals surface area contributed by atoms with E-state index in [1.165, 1.54) is 0 Å². The van der Waals surface area contributed by atoms with Crippen LogP contribution in [0.5, 0.6) is 5.75 Å². The summed E-state index contributed by atoms with van der Waals surface area (Å²) in [5.41, 5.74) is 2.91. The van der Waals surface area contributed by atoms with Gasteiger partial charge in [0, 0.05) is 23.8 Å². The van der Waals surface area contributed by atoms with E-state index in [0.717, 1.165) is 28.6 Å². The van der Waals surface area contributed by atoms with Crippen LogP contribution in [0.2, 0.25) is 0 Å². The van der Waals surface area contributed by atoms with Gasteiger partial charge in [0.2, 0.25) is 0 Å². The molecule has 7 nitrogen and oxygen atoms in total. The largest absolute Gasteiger partial charge is 0.483 e. The molecule has 0 aliphatic carbocycles. The number of hydrogen-bond acceptors (Lipinski definition) is 6. The number of para-hydroxylation sites is 1. The van der Waals surface area contributed by atoms with Gasteiger partial charge >= 0.3 is 0 Å². The molecule has 1 amide bonds. The van der Waals surface area contributed by atoms with Crippen molar-refractivity contribution in [2.75, 3.05) is 0 Å². The molecule has 1 N–H and O–H groups in total. The maximum Gasteiger partial charge on any atom is 0.273 e. The Morgan fingerprint density at radius 1 is 1.14 bits per heavy atom. The normalized spacial score (nSPS) is 10.8. The van der Waals surface area contributed by atoms with Gasteiger partial charge in [-0.25, -0.2) is 0 Å². The second kappa shape index (κ2) is 8.52. The van der Waals surface area contributed by atoms with Gasteiger partial charge < -0.3 is 14.6 Å². The van der Waals surface area contributed by atoms with Crippen LogP contribution in [0.1, 0.15) is 34.4 Å². The topological polar surface area (TPSA) is 90.1 Å². The summed E-state index contributed by atoms with van der Waals surface area (Å²) in [6.07, 6.45) is 4.46. The Hall–Kier alpha value is -3.74. The summed E-state index contributed by atoms with van der Waals surface area (Å²) in [6.45, 7) is 2.54. The smallest absolute Gasteiger partial charge is 0.273 e. The van der Waals surface area contributed by atoms with E-state index in [0.29, 0.717) is 18.1 Å². The standard InChI is InChI=1S/C22H20N4O3/c1-2-15-8-9-17(24-12-15)13-25-22(27)19-11-18(29-26-19)14-28-20-7-3-5-16-6-4-10-23-21(16)20/h3-12H,2,13-14H2,1H3,(H,25,27). The average molecular weight is 388 g/mol. The molecule has 4 rings (SSSR count). The molecule has 3 heterocycles. The van der Waals surface area contributed by atoms with Gasteiger partial charge in [-0.1, -0.05) is 36.3 Å². The van der Waals surface area contributed by atoms with Crippen LogP contribution >= 0.6 is 0 Å². The van der Waals surface area contributed by atoms with E-state index in [1.54, 1.807) is 12.3 Å². The van der Waals surface area contributed by atoms with Crippen LogP contribution in [0.15, 0.2) is 65.4 Å². The van der Waals surface area contributed by atoms with Crippen molar-refractivity contribution in [3.05, 3.63) is 83.6 Å². The molecule has 0 saturated heterocycles. The maximum absolute atomic E-state index is 12.3. The SMILES string of the molecule is CCc1ccc(CNC(=O)c2cc(COc3cccc4cccnc34)on2)nc1. The third kappa shape index (κ3) is 4.40. The van der Waals surface area contributed by atoms with Crippen molar-refractivity contribution in [1.29, 1.82) is 0 Å². The zero-order valence-corrected chi connectivity index (χ0v) is 16.0. The van der Waals surface area contributed by atoms with E-state index in [1.807, 2.05) is 48.7 Å². The Morgan fingerprint density at radius 2 is 2.03 bits per heavy atom. The fourth-order valence-corrected chi connectivity index (χ4v) is 2.86. The summed E-state index contributed by atoms with van der Waals surface area (Å²) in [5.74, 6) is 0.772. The van der Waals surface area contributed by atoms with E-state index in [4.69, 9.17) is 9.26 Å². The highest BCUT2D eigenvalue weighted by molar-refractivity contribution is 5.92. The average Bonchev–Trinajstić information content (AvgIpc) is 3.25. The molecule has 0 spiro atoms. The highest BCUT2D eigenvalue weighted by atomic mass is 16.5. The number of fused-ring (bicyclic) bond motifs is 1. The number of pyridine rings is 2. The Bertz CT molecular complexity index is 1120. The third-order valence-corrected chi connectivity index (χ3v) is 4.48. The van der Waals surface area contributed by atoms with E-state index in [9.17, 15) is 4.79 Å². The number of aromatic nitrogens is 3. The monoisotopic (exact) mass is 388 g/mol. The molecule has 0 bridgehead atoms. The summed E-state index contributed by atoms with van der Waals surface area (Å²) in [6, 6.07) is 15.0. The van der Waals surface area contributed by atoms with Crippen LogP contribution in [0.25, 0.3) is 10.9 Å². The molecular weight excluding hydrogens is 368 g/mol. The van der Waals surface area contributed by atoms with Crippen LogP contribution in [-0.4, -0.2) is 21.0 Å². The van der Waals surface area contributed by atoms with E-state index < -0.39 is 0 Å². The second-order valence-corrected chi connectivity index (χ2v) is 6.49. The van der Waals surface area contributed by atoms with E-state index in [-0.39, 0.29) is 18.2 Å². The number of ether oxygens (including phenoxy) is 1. The quantitative estimate of drug-likeness (QED) is 0.519. The Morgan fingerprint density at radius 3 is 2.86 bits per heavy atom. The second-order valence-electron chi connectivity index (χ2n) is 6.49. The van der Waals surface area contributed by atoms with Crippen molar-refractivity contribution in [3.63, 3.8) is 0 Å². The van der Waals surface area contributed by atoms with Crippen molar-refractivity contribution in [3.8, 4) is 5.75 Å². The molecule has 0 aliphatic rings. The molecule has 146 valence electrons. The van der Waals surface area contributed by atoms with Gasteiger partial charge in [-0.3, -0.25) is 14.8 Å². The van der Waals surface area contributed by atoms with Crippen molar-refractivity contribution >= 4 is 16.8 Å². The minimum atomic E-state index is -0.326. The maximum atomic E-state index is 12.3. The predicted molar refractivity (Wildman–Crippen MR) is 107 cm³/mol. The first kappa shape index (κ1) is 18.6. The zero-order valence-electron chi connectivity index (χ0n) is 16.0. The number of hydrogen-bond donors (Lipinski definition) is 1. The number of aryl methyl sites for hydroxylation is 1. The first-order valence-corrected chi connectivity index (χ1v) is 9.37. The Balaban J connectivity index is 1.35. The molecular formula is C22H20N4O3. The molecule has 3 aromatic heterocycles. The summed E-state index contributed by atoms with van der Waals surface area (Å²) in [5, 5.41) is 7.61. The zero-order chi connectivity index (χ0) is 20.1. The lowest BCUT2D eigenvalue weighted by Gasteiger charge is -2.06. The molecule has 0 atom stereocenters. The number of benzene rings is 1. The minimum absolute atomic E-state index is 0.149. The lowest BCUT2D eigenvalue weighted by atomic mass is 10.2. The molecule has 0 radical (unpaired) electrons. The number of carbonyl (C=O) groups excluding carboxylic acids is 1. The molecule has 0 saturated carbocycles. The van der Waals surface area contributed by atoms with Crippen molar-refractivity contribution < 1.29 is 14.1 Å². The molecule has 4 aromatic rings. The Kier molecular flexibility index (Phi) is 5.47. The first-order valence-electron chi connectivity index (χ1n) is 9.37. The Labute approximate surface area is 167 Å². The van der Waals surface area contributed by atoms with Gasteiger partial charge in [0.25, 0.3) is 5.91 Å². The number of rotatable bonds is 7. The lowest BCUT2D eigenvalue weighted by molar-refractivity contribution is 0.0941. The molecule has 0 fully saturated rings. The highest BCUT2D eigenvalue weighted by Crippen LogP contribution is 2.23. The molecule has 1 aromatic carbocycles. The van der Waals surface area contributed by atoms with Gasteiger partial charge in [-0.05, 0) is 30.2 Å². The first-order chi connectivity index (χ1) is 14.2. The van der Waals surface area contributed by atoms with Crippen LogP contribution < -0.4 is 10.1 Å². The number of carbonyl (C=O) groups is 1. The van der Waals surface area contributed by atoms with E-state index >= 15 is 0 Å². The summed E-state index contributed by atoms with van der Waals surface area (Å²) in [7, 11) is 0. The number of nitrogens with one attached hydrogen (secondary N) is 1. The summed E-state index contributed by atoms with van der Waals surface area (Å²) < 4.78 is 11.0. The third-order valence-electron chi connectivity index (χ3n) is 4.48. The molecule has 0 unspecified atom stereocenters. The van der Waals surface area contributed by atoms with Gasteiger partial charge in [0.1, 0.15) is 17.9 Å². The fourth-order valence-electron chi connectivity index (χ4n) is 2.86. The van der Waals surface area contributed by atoms with Gasteiger partial charge in [-0.2, -0.15) is 0 Å². The van der Waals surface area contributed by atoms with Crippen LogP contribution in [0.3, 0.4) is 0 Å². The van der Waals surface area contributed by atoms with E-state index in [2.05, 4.69) is 27.4 Å². The highest BCUT2D eigenvalue weighted by Gasteiger charge is 2.13. The van der Waals surface area contributed by atoms with Crippen molar-refractivity contribution in [2.24, 2.45) is 0 Å². The molecule has 29 heavy (non-hydrogen) atoms. The van der Waals surface area contributed by atoms with Crippen molar-refractivity contribution in [1.82, 2.24) is 20.4 Å². The summed E-state index contributed by atoms with van der Waals surface area (Å²) >= 11 is 0. The predicted octanol–water partition coefficient (Wildman–Crippen LogP) is 3.69. The van der Waals surface area contributed by atoms with Gasteiger partial charge in [0.15, 0.2) is 11.5 Å². The minimum Gasteiger partial charge on any atom is -0.483 e. The van der Waals surface area contributed by atoms with Gasteiger partial charge in [-0.15, -0.1) is 0 Å².